The van der Waals surface area contributed by atoms with Crippen LogP contribution in [0.3, 0.4) is 0 Å². The summed E-state index contributed by atoms with van der Waals surface area (Å²) in [6, 6.07) is -0.00492. The quantitative estimate of drug-likeness (QED) is 0.859. The first-order valence-corrected chi connectivity index (χ1v) is 7.51. The van der Waals surface area contributed by atoms with Crippen LogP contribution in [0, 0.1) is 19.3 Å². The lowest BCUT2D eigenvalue weighted by molar-refractivity contribution is 0.658. The normalized spacial score (nSPS) is 11.9. The molecule has 104 valence electrons. The maximum atomic E-state index is 12.0. The number of nitrogens with zero attached hydrogens (tertiary/aromatic N) is 3. The van der Waals surface area contributed by atoms with E-state index in [0.717, 1.165) is 9.88 Å². The molecule has 1 atom stereocenters. The maximum Gasteiger partial charge on any atom is 0.284 e. The van der Waals surface area contributed by atoms with E-state index in [1.54, 1.807) is 17.5 Å². The third-order valence-electron chi connectivity index (χ3n) is 2.61. The van der Waals surface area contributed by atoms with Crippen LogP contribution in [0.4, 0.5) is 5.69 Å². The molecule has 1 N–H and O–H groups in total. The Morgan fingerprint density at radius 3 is 2.95 bits per heavy atom. The Morgan fingerprint density at radius 2 is 2.35 bits per heavy atom. The third kappa shape index (κ3) is 3.08. The molecule has 0 amide bonds. The summed E-state index contributed by atoms with van der Waals surface area (Å²) in [5.74, 6) is 2.39. The van der Waals surface area contributed by atoms with Crippen LogP contribution >= 0.6 is 27.3 Å². The zero-order valence-electron chi connectivity index (χ0n) is 11.1. The Bertz CT molecular complexity index is 716. The van der Waals surface area contributed by atoms with E-state index in [1.165, 1.54) is 4.68 Å². The predicted octanol–water partition coefficient (Wildman–Crippen LogP) is 2.58. The van der Waals surface area contributed by atoms with Gasteiger partial charge in [0.05, 0.1) is 17.9 Å². The molecule has 2 aromatic rings. The fourth-order valence-electron chi connectivity index (χ4n) is 1.63. The Hall–Kier alpha value is -1.65. The molecule has 0 saturated heterocycles. The van der Waals surface area contributed by atoms with Crippen molar-refractivity contribution in [1.29, 1.82) is 0 Å². The van der Waals surface area contributed by atoms with Crippen molar-refractivity contribution >= 4 is 33.0 Å². The summed E-state index contributed by atoms with van der Waals surface area (Å²) in [6.07, 6.45) is 8.60. The summed E-state index contributed by atoms with van der Waals surface area (Å²) in [5.41, 5.74) is 0.374. The van der Waals surface area contributed by atoms with E-state index in [-0.39, 0.29) is 18.1 Å². The summed E-state index contributed by atoms with van der Waals surface area (Å²) in [7, 11) is 0. The standard InChI is InChI=1S/C13H13BrN4OS/c1-4-5-18-13(19)11(14)10(7-16-18)17-9(3)12-15-6-8(2)20-12/h1,6-7,9,17H,5H2,2-3H3. The lowest BCUT2D eigenvalue weighted by Gasteiger charge is -2.14. The SMILES string of the molecule is C#CCn1ncc(NC(C)c2ncc(C)s2)c(Br)c1=O. The van der Waals surface area contributed by atoms with Crippen molar-refractivity contribution in [2.75, 3.05) is 5.32 Å². The molecule has 0 saturated carbocycles. The van der Waals surface area contributed by atoms with Gasteiger partial charge in [0.2, 0.25) is 0 Å². The number of nitrogens with one attached hydrogen (secondary N) is 1. The third-order valence-corrected chi connectivity index (χ3v) is 4.47. The largest absolute Gasteiger partial charge is 0.374 e. The average Bonchev–Trinajstić information content (AvgIpc) is 2.85. The van der Waals surface area contributed by atoms with Crippen LogP contribution in [0.15, 0.2) is 21.7 Å². The summed E-state index contributed by atoms with van der Waals surface area (Å²) in [4.78, 5) is 17.5. The van der Waals surface area contributed by atoms with Crippen LogP contribution in [0.25, 0.3) is 0 Å². The number of hydrogen-bond acceptors (Lipinski definition) is 5. The Labute approximate surface area is 129 Å². The molecule has 5 nitrogen and oxygen atoms in total. The van der Waals surface area contributed by atoms with E-state index in [0.29, 0.717) is 10.2 Å². The lowest BCUT2D eigenvalue weighted by atomic mass is 10.3. The molecule has 0 spiro atoms. The molecular formula is C13H13BrN4OS. The molecule has 0 aliphatic rings. The molecule has 0 bridgehead atoms. The second-order valence-electron chi connectivity index (χ2n) is 4.21. The lowest BCUT2D eigenvalue weighted by Crippen LogP contribution is -2.24. The van der Waals surface area contributed by atoms with Crippen molar-refractivity contribution in [1.82, 2.24) is 14.8 Å². The first-order chi connectivity index (χ1) is 9.52. The van der Waals surface area contributed by atoms with Gasteiger partial charge in [-0.1, -0.05) is 5.92 Å². The first kappa shape index (κ1) is 14.8. The van der Waals surface area contributed by atoms with E-state index in [4.69, 9.17) is 6.42 Å². The van der Waals surface area contributed by atoms with E-state index < -0.39 is 0 Å². The molecule has 2 rings (SSSR count). The minimum absolute atomic E-state index is 0.00492. The monoisotopic (exact) mass is 352 g/mol. The predicted molar refractivity (Wildman–Crippen MR) is 83.9 cm³/mol. The zero-order valence-corrected chi connectivity index (χ0v) is 13.5. The molecule has 0 aliphatic heterocycles. The van der Waals surface area contributed by atoms with Gasteiger partial charge in [0, 0.05) is 11.1 Å². The van der Waals surface area contributed by atoms with Crippen molar-refractivity contribution in [2.45, 2.75) is 26.4 Å². The number of aryl methyl sites for hydroxylation is 1. The average molecular weight is 353 g/mol. The van der Waals surface area contributed by atoms with Crippen LogP contribution < -0.4 is 10.9 Å². The molecule has 0 fully saturated rings. The summed E-state index contributed by atoms with van der Waals surface area (Å²) < 4.78 is 1.65. The number of rotatable bonds is 4. The Morgan fingerprint density at radius 1 is 1.60 bits per heavy atom. The fourth-order valence-corrected chi connectivity index (χ4v) is 2.83. The summed E-state index contributed by atoms with van der Waals surface area (Å²) >= 11 is 4.90. The summed E-state index contributed by atoms with van der Waals surface area (Å²) in [5, 5.41) is 8.22. The zero-order chi connectivity index (χ0) is 14.7. The molecule has 1 unspecified atom stereocenters. The van der Waals surface area contributed by atoms with Crippen LogP contribution in [0.2, 0.25) is 0 Å². The molecule has 20 heavy (non-hydrogen) atoms. The van der Waals surface area contributed by atoms with Gasteiger partial charge in [-0.2, -0.15) is 5.10 Å². The topological polar surface area (TPSA) is 59.8 Å². The molecule has 2 aromatic heterocycles. The highest BCUT2D eigenvalue weighted by molar-refractivity contribution is 9.10. The molecular weight excluding hydrogens is 340 g/mol. The molecule has 7 heteroatoms. The Kier molecular flexibility index (Phi) is 4.57. The first-order valence-electron chi connectivity index (χ1n) is 5.91. The number of thiazole rings is 1. The van der Waals surface area contributed by atoms with Crippen molar-refractivity contribution in [2.24, 2.45) is 0 Å². The molecule has 2 heterocycles. The van der Waals surface area contributed by atoms with Crippen molar-refractivity contribution < 1.29 is 0 Å². The van der Waals surface area contributed by atoms with Gasteiger partial charge in [-0.05, 0) is 29.8 Å². The van der Waals surface area contributed by atoms with Crippen LogP contribution in [0.5, 0.6) is 0 Å². The molecule has 0 radical (unpaired) electrons. The number of halogens is 1. The van der Waals surface area contributed by atoms with E-state index in [1.807, 2.05) is 20.0 Å². The van der Waals surface area contributed by atoms with Crippen molar-refractivity contribution in [3.05, 3.63) is 37.1 Å². The number of hydrogen-bond donors (Lipinski definition) is 1. The van der Waals surface area contributed by atoms with Gasteiger partial charge >= 0.3 is 0 Å². The van der Waals surface area contributed by atoms with Gasteiger partial charge in [-0.3, -0.25) is 4.79 Å². The fraction of sp³-hybridized carbons (Fsp3) is 0.308. The number of anilines is 1. The van der Waals surface area contributed by atoms with Crippen LogP contribution in [-0.2, 0) is 6.54 Å². The minimum atomic E-state index is -0.254. The van der Waals surface area contributed by atoms with Gasteiger partial charge in [-0.15, -0.1) is 17.8 Å². The van der Waals surface area contributed by atoms with Crippen molar-refractivity contribution in [3.63, 3.8) is 0 Å². The van der Waals surface area contributed by atoms with Gasteiger partial charge in [-0.25, -0.2) is 9.67 Å². The van der Waals surface area contributed by atoms with E-state index in [2.05, 4.69) is 37.2 Å². The number of terminal acetylenes is 1. The van der Waals surface area contributed by atoms with Crippen LogP contribution in [0.1, 0.15) is 22.9 Å². The highest BCUT2D eigenvalue weighted by Crippen LogP contribution is 2.25. The van der Waals surface area contributed by atoms with E-state index in [9.17, 15) is 4.79 Å². The smallest absolute Gasteiger partial charge is 0.284 e. The number of aromatic nitrogens is 3. The van der Waals surface area contributed by atoms with Gasteiger partial charge < -0.3 is 5.32 Å². The second kappa shape index (κ2) is 6.20. The highest BCUT2D eigenvalue weighted by Gasteiger charge is 2.14. The van der Waals surface area contributed by atoms with Gasteiger partial charge in [0.1, 0.15) is 16.0 Å². The van der Waals surface area contributed by atoms with Crippen LogP contribution in [-0.4, -0.2) is 14.8 Å². The van der Waals surface area contributed by atoms with Gasteiger partial charge in [0.25, 0.3) is 5.56 Å². The molecule has 0 aliphatic carbocycles. The summed E-state index contributed by atoms with van der Waals surface area (Å²) in [6.45, 7) is 4.14. The minimum Gasteiger partial charge on any atom is -0.374 e. The highest BCUT2D eigenvalue weighted by atomic mass is 79.9. The van der Waals surface area contributed by atoms with Gasteiger partial charge in [0.15, 0.2) is 0 Å². The maximum absolute atomic E-state index is 12.0. The van der Waals surface area contributed by atoms with Crippen molar-refractivity contribution in [3.8, 4) is 12.3 Å². The second-order valence-corrected chi connectivity index (χ2v) is 6.27. The van der Waals surface area contributed by atoms with E-state index >= 15 is 0 Å². The Balaban J connectivity index is 2.24. The molecule has 0 aromatic carbocycles.